The molecule has 0 saturated heterocycles. The maximum absolute atomic E-state index is 12.2. The number of hydrogen-bond acceptors (Lipinski definition) is 3. The Balaban J connectivity index is 1.92. The van der Waals surface area contributed by atoms with Gasteiger partial charge in [0.2, 0.25) is 0 Å². The third kappa shape index (κ3) is 5.70. The Kier molecular flexibility index (Phi) is 6.82. The molecule has 0 aliphatic carbocycles. The average molecular weight is 326 g/mol. The van der Waals surface area contributed by atoms with E-state index < -0.39 is 0 Å². The molecule has 0 radical (unpaired) electrons. The summed E-state index contributed by atoms with van der Waals surface area (Å²) < 4.78 is 5.81. The standard InChI is InChI=1S/C20H26N2O2/c1-4-21-16(3)13-22-20(23)18-9-6-10-19(12-18)24-14-17-8-5-7-15(2)11-17/h5-12,16,21H,4,13-14H2,1-3H3,(H,22,23)/t16-/m1/s1. The molecule has 2 rings (SSSR count). The minimum Gasteiger partial charge on any atom is -0.489 e. The number of rotatable bonds is 8. The number of ether oxygens (including phenoxy) is 1. The molecule has 24 heavy (non-hydrogen) atoms. The van der Waals surface area contributed by atoms with Crippen LogP contribution in [0.25, 0.3) is 0 Å². The van der Waals surface area contributed by atoms with Gasteiger partial charge in [0.05, 0.1) is 0 Å². The van der Waals surface area contributed by atoms with Crippen molar-refractivity contribution in [3.05, 3.63) is 65.2 Å². The van der Waals surface area contributed by atoms with Gasteiger partial charge in [0.15, 0.2) is 0 Å². The number of benzene rings is 2. The smallest absolute Gasteiger partial charge is 0.251 e. The molecule has 0 unspecified atom stereocenters. The lowest BCUT2D eigenvalue weighted by molar-refractivity contribution is 0.0949. The molecule has 2 aromatic carbocycles. The fourth-order valence-corrected chi connectivity index (χ4v) is 2.46. The molecular formula is C20H26N2O2. The van der Waals surface area contributed by atoms with E-state index in [1.807, 2.05) is 38.1 Å². The largest absolute Gasteiger partial charge is 0.489 e. The number of carbonyl (C=O) groups is 1. The van der Waals surface area contributed by atoms with Crippen LogP contribution in [0.4, 0.5) is 0 Å². The summed E-state index contributed by atoms with van der Waals surface area (Å²) in [6.45, 7) is 8.13. The van der Waals surface area contributed by atoms with E-state index in [4.69, 9.17) is 4.74 Å². The number of carbonyl (C=O) groups excluding carboxylic acids is 1. The Bertz CT molecular complexity index is 670. The van der Waals surface area contributed by atoms with Gasteiger partial charge in [-0.05, 0) is 44.2 Å². The van der Waals surface area contributed by atoms with Gasteiger partial charge in [-0.15, -0.1) is 0 Å². The van der Waals surface area contributed by atoms with Gasteiger partial charge in [-0.2, -0.15) is 0 Å². The van der Waals surface area contributed by atoms with Gasteiger partial charge in [-0.3, -0.25) is 4.79 Å². The van der Waals surface area contributed by atoms with Crippen molar-refractivity contribution in [2.75, 3.05) is 13.1 Å². The fourth-order valence-electron chi connectivity index (χ4n) is 2.46. The minimum absolute atomic E-state index is 0.0826. The van der Waals surface area contributed by atoms with Crippen molar-refractivity contribution >= 4 is 5.91 Å². The van der Waals surface area contributed by atoms with E-state index in [0.29, 0.717) is 24.5 Å². The Morgan fingerprint density at radius 2 is 1.96 bits per heavy atom. The van der Waals surface area contributed by atoms with Crippen LogP contribution in [0.3, 0.4) is 0 Å². The van der Waals surface area contributed by atoms with E-state index in [0.717, 1.165) is 12.1 Å². The highest BCUT2D eigenvalue weighted by Gasteiger charge is 2.08. The zero-order chi connectivity index (χ0) is 17.4. The maximum Gasteiger partial charge on any atom is 0.251 e. The molecule has 0 aromatic heterocycles. The van der Waals surface area contributed by atoms with Crippen LogP contribution in [0, 0.1) is 6.92 Å². The molecule has 2 N–H and O–H groups in total. The molecule has 2 aromatic rings. The summed E-state index contributed by atoms with van der Waals surface area (Å²) in [4.78, 5) is 12.2. The van der Waals surface area contributed by atoms with Crippen LogP contribution in [0.15, 0.2) is 48.5 Å². The molecule has 0 aliphatic rings. The van der Waals surface area contributed by atoms with Crippen molar-refractivity contribution in [1.82, 2.24) is 10.6 Å². The molecule has 0 heterocycles. The van der Waals surface area contributed by atoms with Gasteiger partial charge in [-0.25, -0.2) is 0 Å². The van der Waals surface area contributed by atoms with Gasteiger partial charge in [-0.1, -0.05) is 42.8 Å². The number of hydrogen-bond donors (Lipinski definition) is 2. The first-order chi connectivity index (χ1) is 11.6. The second-order valence-electron chi connectivity index (χ2n) is 5.97. The van der Waals surface area contributed by atoms with Crippen LogP contribution >= 0.6 is 0 Å². The molecule has 0 aliphatic heterocycles. The summed E-state index contributed by atoms with van der Waals surface area (Å²) in [7, 11) is 0. The molecule has 128 valence electrons. The van der Waals surface area contributed by atoms with E-state index in [2.05, 4.69) is 29.7 Å². The number of amides is 1. The highest BCUT2D eigenvalue weighted by Crippen LogP contribution is 2.15. The Morgan fingerprint density at radius 1 is 1.17 bits per heavy atom. The predicted molar refractivity (Wildman–Crippen MR) is 97.4 cm³/mol. The summed E-state index contributed by atoms with van der Waals surface area (Å²) in [5, 5.41) is 6.20. The normalized spacial score (nSPS) is 11.8. The molecular weight excluding hydrogens is 300 g/mol. The SMILES string of the molecule is CCN[C@H](C)CNC(=O)c1cccc(OCc2cccc(C)c2)c1. The van der Waals surface area contributed by atoms with Gasteiger partial charge in [0, 0.05) is 18.2 Å². The molecule has 1 amide bonds. The van der Waals surface area contributed by atoms with Crippen molar-refractivity contribution < 1.29 is 9.53 Å². The van der Waals surface area contributed by atoms with Crippen LogP contribution in [0.2, 0.25) is 0 Å². The summed E-state index contributed by atoms with van der Waals surface area (Å²) in [5.41, 5.74) is 2.93. The zero-order valence-electron chi connectivity index (χ0n) is 14.6. The Hall–Kier alpha value is -2.33. The summed E-state index contributed by atoms with van der Waals surface area (Å²) >= 11 is 0. The first kappa shape index (κ1) is 18.0. The first-order valence-electron chi connectivity index (χ1n) is 8.38. The fraction of sp³-hybridized carbons (Fsp3) is 0.350. The van der Waals surface area contributed by atoms with Gasteiger partial charge < -0.3 is 15.4 Å². The van der Waals surface area contributed by atoms with E-state index >= 15 is 0 Å². The van der Waals surface area contributed by atoms with Crippen LogP contribution in [0.1, 0.15) is 35.3 Å². The lowest BCUT2D eigenvalue weighted by Crippen LogP contribution is -2.38. The van der Waals surface area contributed by atoms with Gasteiger partial charge >= 0.3 is 0 Å². The monoisotopic (exact) mass is 326 g/mol. The number of aryl methyl sites for hydroxylation is 1. The average Bonchev–Trinajstić information content (AvgIpc) is 2.58. The number of nitrogens with one attached hydrogen (secondary N) is 2. The molecule has 0 spiro atoms. The lowest BCUT2D eigenvalue weighted by Gasteiger charge is -2.13. The second-order valence-corrected chi connectivity index (χ2v) is 5.97. The van der Waals surface area contributed by atoms with Crippen LogP contribution in [-0.4, -0.2) is 25.0 Å². The molecule has 0 fully saturated rings. The Labute approximate surface area is 144 Å². The summed E-state index contributed by atoms with van der Waals surface area (Å²) in [6, 6.07) is 15.7. The predicted octanol–water partition coefficient (Wildman–Crippen LogP) is 3.30. The maximum atomic E-state index is 12.2. The highest BCUT2D eigenvalue weighted by molar-refractivity contribution is 5.94. The molecule has 1 atom stereocenters. The van der Waals surface area contributed by atoms with Crippen LogP contribution in [-0.2, 0) is 6.61 Å². The van der Waals surface area contributed by atoms with E-state index in [-0.39, 0.29) is 11.9 Å². The minimum atomic E-state index is -0.0826. The highest BCUT2D eigenvalue weighted by atomic mass is 16.5. The third-order valence-corrected chi connectivity index (χ3v) is 3.71. The second kappa shape index (κ2) is 9.08. The lowest BCUT2D eigenvalue weighted by atomic mass is 10.1. The molecule has 0 saturated carbocycles. The third-order valence-electron chi connectivity index (χ3n) is 3.71. The number of likely N-dealkylation sites (N-methyl/N-ethyl adjacent to an activating group) is 1. The summed E-state index contributed by atoms with van der Waals surface area (Å²) in [6.07, 6.45) is 0. The summed E-state index contributed by atoms with van der Waals surface area (Å²) in [5.74, 6) is 0.615. The topological polar surface area (TPSA) is 50.4 Å². The Morgan fingerprint density at radius 3 is 2.71 bits per heavy atom. The van der Waals surface area contributed by atoms with E-state index in [1.165, 1.54) is 5.56 Å². The zero-order valence-corrected chi connectivity index (χ0v) is 14.6. The van der Waals surface area contributed by atoms with E-state index in [9.17, 15) is 4.79 Å². The van der Waals surface area contributed by atoms with Gasteiger partial charge in [0.25, 0.3) is 5.91 Å². The quantitative estimate of drug-likeness (QED) is 0.782. The van der Waals surface area contributed by atoms with Gasteiger partial charge in [0.1, 0.15) is 12.4 Å². The molecule has 4 nitrogen and oxygen atoms in total. The van der Waals surface area contributed by atoms with Crippen LogP contribution < -0.4 is 15.4 Å². The van der Waals surface area contributed by atoms with Crippen LogP contribution in [0.5, 0.6) is 5.75 Å². The van der Waals surface area contributed by atoms with Crippen molar-refractivity contribution in [2.24, 2.45) is 0 Å². The molecule has 4 heteroatoms. The van der Waals surface area contributed by atoms with Crippen molar-refractivity contribution in [2.45, 2.75) is 33.4 Å². The first-order valence-corrected chi connectivity index (χ1v) is 8.38. The molecule has 0 bridgehead atoms. The van der Waals surface area contributed by atoms with E-state index in [1.54, 1.807) is 12.1 Å². The van der Waals surface area contributed by atoms with Crippen molar-refractivity contribution in [3.8, 4) is 5.75 Å². The van der Waals surface area contributed by atoms with Crippen molar-refractivity contribution in [1.29, 1.82) is 0 Å². The van der Waals surface area contributed by atoms with Crippen molar-refractivity contribution in [3.63, 3.8) is 0 Å².